The highest BCUT2D eigenvalue weighted by molar-refractivity contribution is 5.91. The standard InChI is InChI=1S/C10H12N6O/c1-15(2)10(17)8-3-4-16(14-8)9-7(11)5-12-6-13-9/h3-6H,11H2,1-2H3. The van der Waals surface area contributed by atoms with Crippen molar-refractivity contribution in [1.82, 2.24) is 24.6 Å². The van der Waals surface area contributed by atoms with Crippen LogP contribution in [0.2, 0.25) is 0 Å². The smallest absolute Gasteiger partial charge is 0.273 e. The third-order valence-corrected chi connectivity index (χ3v) is 2.15. The molecule has 1 amide bonds. The third kappa shape index (κ3) is 2.07. The molecule has 0 aliphatic rings. The number of carbonyl (C=O) groups excluding carboxylic acids is 1. The minimum absolute atomic E-state index is 0.170. The molecule has 7 heteroatoms. The summed E-state index contributed by atoms with van der Waals surface area (Å²) >= 11 is 0. The molecule has 0 unspecified atom stereocenters. The van der Waals surface area contributed by atoms with Gasteiger partial charge < -0.3 is 10.6 Å². The van der Waals surface area contributed by atoms with Crippen LogP contribution in [0.25, 0.3) is 5.82 Å². The van der Waals surface area contributed by atoms with Crippen molar-refractivity contribution in [3.8, 4) is 5.82 Å². The van der Waals surface area contributed by atoms with Gasteiger partial charge in [0.05, 0.1) is 11.9 Å². The Balaban J connectivity index is 2.37. The Morgan fingerprint density at radius 2 is 2.24 bits per heavy atom. The van der Waals surface area contributed by atoms with Crippen LogP contribution in [0.5, 0.6) is 0 Å². The van der Waals surface area contributed by atoms with Crippen LogP contribution in [0.4, 0.5) is 5.69 Å². The van der Waals surface area contributed by atoms with E-state index in [1.54, 1.807) is 26.4 Å². The molecule has 0 radical (unpaired) electrons. The first-order valence-electron chi connectivity index (χ1n) is 4.93. The second-order valence-electron chi connectivity index (χ2n) is 3.65. The maximum Gasteiger partial charge on any atom is 0.273 e. The minimum Gasteiger partial charge on any atom is -0.394 e. The first-order valence-corrected chi connectivity index (χ1v) is 4.93. The van der Waals surface area contributed by atoms with Crippen LogP contribution in [0, 0.1) is 0 Å². The minimum atomic E-state index is -0.170. The van der Waals surface area contributed by atoms with E-state index in [2.05, 4.69) is 15.1 Å². The quantitative estimate of drug-likeness (QED) is 0.783. The van der Waals surface area contributed by atoms with Crippen molar-refractivity contribution in [2.45, 2.75) is 0 Å². The largest absolute Gasteiger partial charge is 0.394 e. The third-order valence-electron chi connectivity index (χ3n) is 2.15. The SMILES string of the molecule is CN(C)C(=O)c1ccn(-c2ncncc2N)n1. The monoisotopic (exact) mass is 232 g/mol. The van der Waals surface area contributed by atoms with Gasteiger partial charge in [0.15, 0.2) is 11.5 Å². The Kier molecular flexibility index (Phi) is 2.73. The zero-order valence-corrected chi connectivity index (χ0v) is 9.53. The Morgan fingerprint density at radius 1 is 1.47 bits per heavy atom. The van der Waals surface area contributed by atoms with E-state index < -0.39 is 0 Å². The van der Waals surface area contributed by atoms with E-state index in [-0.39, 0.29) is 5.91 Å². The van der Waals surface area contributed by atoms with E-state index in [0.717, 1.165) is 0 Å². The molecule has 7 nitrogen and oxygen atoms in total. The van der Waals surface area contributed by atoms with Gasteiger partial charge in [-0.3, -0.25) is 4.79 Å². The summed E-state index contributed by atoms with van der Waals surface area (Å²) < 4.78 is 1.45. The average Bonchev–Trinajstić information content (AvgIpc) is 2.77. The predicted octanol–water partition coefficient (Wildman–Crippen LogP) is -0.0537. The molecule has 0 spiro atoms. The van der Waals surface area contributed by atoms with Crippen molar-refractivity contribution >= 4 is 11.6 Å². The number of nitrogens with zero attached hydrogens (tertiary/aromatic N) is 5. The lowest BCUT2D eigenvalue weighted by Gasteiger charge is -2.07. The molecular formula is C10H12N6O. The lowest BCUT2D eigenvalue weighted by molar-refractivity contribution is 0.0821. The number of hydrogen-bond donors (Lipinski definition) is 1. The zero-order chi connectivity index (χ0) is 12.4. The number of rotatable bonds is 2. The van der Waals surface area contributed by atoms with Gasteiger partial charge in [-0.1, -0.05) is 0 Å². The van der Waals surface area contributed by atoms with Crippen LogP contribution in [0.1, 0.15) is 10.5 Å². The van der Waals surface area contributed by atoms with E-state index in [0.29, 0.717) is 17.2 Å². The fourth-order valence-corrected chi connectivity index (χ4v) is 1.31. The maximum absolute atomic E-state index is 11.7. The second-order valence-corrected chi connectivity index (χ2v) is 3.65. The van der Waals surface area contributed by atoms with Crippen molar-refractivity contribution < 1.29 is 4.79 Å². The molecule has 0 aromatic carbocycles. The van der Waals surface area contributed by atoms with Gasteiger partial charge in [-0.05, 0) is 6.07 Å². The Morgan fingerprint density at radius 3 is 2.88 bits per heavy atom. The molecule has 0 saturated carbocycles. The average molecular weight is 232 g/mol. The molecule has 2 aromatic heterocycles. The summed E-state index contributed by atoms with van der Waals surface area (Å²) in [6.07, 6.45) is 4.49. The highest BCUT2D eigenvalue weighted by atomic mass is 16.2. The Bertz CT molecular complexity index is 547. The summed E-state index contributed by atoms with van der Waals surface area (Å²) in [5.74, 6) is 0.286. The molecule has 0 aliphatic heterocycles. The number of nitrogen functional groups attached to an aromatic ring is 1. The van der Waals surface area contributed by atoms with Crippen LogP contribution >= 0.6 is 0 Å². The number of anilines is 1. The fourth-order valence-electron chi connectivity index (χ4n) is 1.31. The Hall–Kier alpha value is -2.44. The molecule has 2 aromatic rings. The van der Waals surface area contributed by atoms with E-state index in [9.17, 15) is 4.79 Å². The van der Waals surface area contributed by atoms with E-state index in [1.807, 2.05) is 0 Å². The zero-order valence-electron chi connectivity index (χ0n) is 9.53. The molecule has 0 atom stereocenters. The van der Waals surface area contributed by atoms with Gasteiger partial charge in [-0.25, -0.2) is 14.6 Å². The van der Waals surface area contributed by atoms with Crippen molar-refractivity contribution in [3.05, 3.63) is 30.5 Å². The van der Waals surface area contributed by atoms with Crippen molar-refractivity contribution in [1.29, 1.82) is 0 Å². The molecule has 2 N–H and O–H groups in total. The fraction of sp³-hybridized carbons (Fsp3) is 0.200. The second kappa shape index (κ2) is 4.20. The van der Waals surface area contributed by atoms with Crippen LogP contribution in [-0.2, 0) is 0 Å². The van der Waals surface area contributed by atoms with Gasteiger partial charge in [0.2, 0.25) is 0 Å². The summed E-state index contributed by atoms with van der Waals surface area (Å²) in [6, 6.07) is 1.61. The number of aromatic nitrogens is 4. The lowest BCUT2D eigenvalue weighted by atomic mass is 10.4. The molecule has 0 fully saturated rings. The topological polar surface area (TPSA) is 89.9 Å². The Labute approximate surface area is 97.9 Å². The molecule has 0 saturated heterocycles. The van der Waals surface area contributed by atoms with Crippen LogP contribution < -0.4 is 5.73 Å². The van der Waals surface area contributed by atoms with Gasteiger partial charge in [0, 0.05) is 20.3 Å². The van der Waals surface area contributed by atoms with E-state index in [4.69, 9.17) is 5.73 Å². The number of carbonyl (C=O) groups is 1. The summed E-state index contributed by atoms with van der Waals surface area (Å²) in [4.78, 5) is 20.9. The predicted molar refractivity (Wildman–Crippen MR) is 61.6 cm³/mol. The van der Waals surface area contributed by atoms with Crippen molar-refractivity contribution in [2.24, 2.45) is 0 Å². The molecule has 0 aliphatic carbocycles. The van der Waals surface area contributed by atoms with Crippen LogP contribution in [0.3, 0.4) is 0 Å². The van der Waals surface area contributed by atoms with Gasteiger partial charge in [-0.2, -0.15) is 5.10 Å². The van der Waals surface area contributed by atoms with Gasteiger partial charge in [0.1, 0.15) is 6.33 Å². The summed E-state index contributed by atoms with van der Waals surface area (Å²) in [5, 5.41) is 4.12. The molecule has 2 rings (SSSR count). The van der Waals surface area contributed by atoms with Crippen LogP contribution in [0.15, 0.2) is 24.8 Å². The van der Waals surface area contributed by atoms with E-state index in [1.165, 1.54) is 22.1 Å². The molecule has 2 heterocycles. The van der Waals surface area contributed by atoms with Gasteiger partial charge >= 0.3 is 0 Å². The van der Waals surface area contributed by atoms with E-state index >= 15 is 0 Å². The molecule has 0 bridgehead atoms. The van der Waals surface area contributed by atoms with Crippen molar-refractivity contribution in [2.75, 3.05) is 19.8 Å². The van der Waals surface area contributed by atoms with Gasteiger partial charge in [0.25, 0.3) is 5.91 Å². The molecule has 17 heavy (non-hydrogen) atoms. The molecule has 88 valence electrons. The summed E-state index contributed by atoms with van der Waals surface area (Å²) in [5.41, 5.74) is 6.46. The van der Waals surface area contributed by atoms with Gasteiger partial charge in [-0.15, -0.1) is 0 Å². The summed E-state index contributed by atoms with van der Waals surface area (Å²) in [6.45, 7) is 0. The first kappa shape index (κ1) is 11.1. The highest BCUT2D eigenvalue weighted by Gasteiger charge is 2.13. The number of hydrogen-bond acceptors (Lipinski definition) is 5. The molecular weight excluding hydrogens is 220 g/mol. The highest BCUT2D eigenvalue weighted by Crippen LogP contribution is 2.11. The lowest BCUT2D eigenvalue weighted by Crippen LogP contribution is -2.22. The summed E-state index contributed by atoms with van der Waals surface area (Å²) in [7, 11) is 3.33. The normalized spacial score (nSPS) is 10.2. The first-order chi connectivity index (χ1) is 8.09. The van der Waals surface area contributed by atoms with Crippen LogP contribution in [-0.4, -0.2) is 44.7 Å². The maximum atomic E-state index is 11.7. The number of amides is 1. The number of nitrogens with two attached hydrogens (primary N) is 1. The van der Waals surface area contributed by atoms with Crippen molar-refractivity contribution in [3.63, 3.8) is 0 Å².